The molecule has 0 spiro atoms. The predicted molar refractivity (Wildman–Crippen MR) is 181 cm³/mol. The molecule has 1 aliphatic rings. The lowest BCUT2D eigenvalue weighted by Crippen LogP contribution is -2.29. The van der Waals surface area contributed by atoms with Gasteiger partial charge in [0, 0.05) is 0 Å². The van der Waals surface area contributed by atoms with Gasteiger partial charge in [-0.05, 0) is 53.0 Å². The molecule has 45 heavy (non-hydrogen) atoms. The molecule has 2 aromatic carbocycles. The van der Waals surface area contributed by atoms with E-state index in [-0.39, 0.29) is 38.6 Å². The van der Waals surface area contributed by atoms with Crippen molar-refractivity contribution >= 4 is 56.2 Å². The van der Waals surface area contributed by atoms with Crippen LogP contribution in [0.4, 0.5) is 17.1 Å². The number of benzene rings is 2. The summed E-state index contributed by atoms with van der Waals surface area (Å²) in [6.07, 6.45) is 9.82. The molecule has 3 aromatic heterocycles. The van der Waals surface area contributed by atoms with E-state index >= 15 is 0 Å². The summed E-state index contributed by atoms with van der Waals surface area (Å²) in [5, 5.41) is 12.0. The van der Waals surface area contributed by atoms with E-state index < -0.39 is 5.56 Å². The van der Waals surface area contributed by atoms with Crippen molar-refractivity contribution in [1.82, 2.24) is 29.3 Å². The maximum absolute atomic E-state index is 11.8. The van der Waals surface area contributed by atoms with Crippen LogP contribution >= 0.6 is 39.1 Å². The van der Waals surface area contributed by atoms with Crippen LogP contribution in [0.1, 0.15) is 38.1 Å². The van der Waals surface area contributed by atoms with Crippen LogP contribution in [0.5, 0.6) is 0 Å². The average Bonchev–Trinajstić information content (AvgIpc) is 3.07. The molecule has 5 aromatic rings. The third-order valence-corrected chi connectivity index (χ3v) is 8.34. The second-order valence-corrected chi connectivity index (χ2v) is 11.4. The van der Waals surface area contributed by atoms with Gasteiger partial charge in [0.2, 0.25) is 0 Å². The summed E-state index contributed by atoms with van der Waals surface area (Å²) in [5.74, 6) is 0. The van der Waals surface area contributed by atoms with E-state index in [1.54, 1.807) is 24.3 Å². The Morgan fingerprint density at radius 1 is 0.622 bits per heavy atom. The third kappa shape index (κ3) is 8.18. The minimum atomic E-state index is -0.414. The van der Waals surface area contributed by atoms with Crippen LogP contribution in [0.25, 0.3) is 11.4 Å². The van der Waals surface area contributed by atoms with Crippen LogP contribution in [0.15, 0.2) is 98.1 Å². The highest BCUT2D eigenvalue weighted by Crippen LogP contribution is 2.27. The second-order valence-electron chi connectivity index (χ2n) is 9.89. The van der Waals surface area contributed by atoms with Gasteiger partial charge in [-0.3, -0.25) is 14.4 Å². The molecule has 234 valence electrons. The summed E-state index contributed by atoms with van der Waals surface area (Å²) in [6.45, 7) is 0. The third-order valence-electron chi connectivity index (χ3n) is 6.78. The van der Waals surface area contributed by atoms with Crippen molar-refractivity contribution in [2.45, 2.75) is 38.1 Å². The molecule has 6 rings (SSSR count). The molecule has 0 unspecified atom stereocenters. The first-order chi connectivity index (χ1) is 21.6. The van der Waals surface area contributed by atoms with Gasteiger partial charge in [-0.25, -0.2) is 4.68 Å². The minimum Gasteiger partial charge on any atom is -0.396 e. The molecule has 0 saturated heterocycles. The molecule has 15 heteroatoms. The van der Waals surface area contributed by atoms with E-state index in [1.807, 2.05) is 36.4 Å². The molecule has 1 fully saturated rings. The fourth-order valence-corrected chi connectivity index (χ4v) is 4.98. The van der Waals surface area contributed by atoms with Crippen LogP contribution in [-0.2, 0) is 0 Å². The van der Waals surface area contributed by atoms with Crippen molar-refractivity contribution < 1.29 is 0 Å². The number of hydrogen-bond donors (Lipinski definition) is 3. The molecular formula is C30H30BrCl2N9O3. The number of nitrogens with zero attached hydrogens (tertiary/aromatic N) is 6. The van der Waals surface area contributed by atoms with Crippen molar-refractivity contribution in [2.24, 2.45) is 0 Å². The molecule has 0 aliphatic heterocycles. The maximum atomic E-state index is 11.8. The Kier molecular flexibility index (Phi) is 11.5. The van der Waals surface area contributed by atoms with Gasteiger partial charge in [-0.1, -0.05) is 78.9 Å². The lowest BCUT2D eigenvalue weighted by Gasteiger charge is -2.22. The molecule has 6 N–H and O–H groups in total. The first kappa shape index (κ1) is 33.4. The van der Waals surface area contributed by atoms with Crippen LogP contribution in [0, 0.1) is 0 Å². The van der Waals surface area contributed by atoms with Gasteiger partial charge in [0.15, 0.2) is 0 Å². The zero-order chi connectivity index (χ0) is 32.5. The molecule has 0 radical (unpaired) electrons. The highest BCUT2D eigenvalue weighted by Gasteiger charge is 2.19. The van der Waals surface area contributed by atoms with Gasteiger partial charge in [0.1, 0.15) is 14.5 Å². The zero-order valence-electron chi connectivity index (χ0n) is 23.9. The predicted octanol–water partition coefficient (Wildman–Crippen LogP) is 5.03. The summed E-state index contributed by atoms with van der Waals surface area (Å²) in [7, 11) is 0. The summed E-state index contributed by atoms with van der Waals surface area (Å²) in [4.78, 5) is 35.2. The Balaban J connectivity index is 0.000000154. The van der Waals surface area contributed by atoms with Crippen LogP contribution in [0.3, 0.4) is 0 Å². The molecule has 0 bridgehead atoms. The second kappa shape index (κ2) is 15.5. The van der Waals surface area contributed by atoms with Crippen molar-refractivity contribution in [3.05, 3.63) is 125 Å². The molecule has 0 atom stereocenters. The molecular weight excluding hydrogens is 685 g/mol. The maximum Gasteiger partial charge on any atom is 0.292 e. The smallest absolute Gasteiger partial charge is 0.292 e. The Morgan fingerprint density at radius 3 is 1.60 bits per heavy atom. The van der Waals surface area contributed by atoms with Crippen LogP contribution in [-0.4, -0.2) is 29.3 Å². The van der Waals surface area contributed by atoms with Gasteiger partial charge in [-0.2, -0.15) is 24.7 Å². The first-order valence-corrected chi connectivity index (χ1v) is 15.3. The summed E-state index contributed by atoms with van der Waals surface area (Å²) in [5.41, 5.74) is 17.7. The Labute approximate surface area is 276 Å². The van der Waals surface area contributed by atoms with Crippen LogP contribution < -0.4 is 33.9 Å². The highest BCUT2D eigenvalue weighted by molar-refractivity contribution is 9.10. The van der Waals surface area contributed by atoms with Crippen LogP contribution in [0.2, 0.25) is 10.0 Å². The lowest BCUT2D eigenvalue weighted by atomic mass is 9.96. The Bertz CT molecular complexity index is 1830. The van der Waals surface area contributed by atoms with Gasteiger partial charge < -0.3 is 17.2 Å². The van der Waals surface area contributed by atoms with Crippen molar-refractivity contribution in [3.8, 4) is 11.4 Å². The number of halogens is 3. The van der Waals surface area contributed by atoms with Crippen molar-refractivity contribution in [3.63, 3.8) is 0 Å². The highest BCUT2D eigenvalue weighted by atomic mass is 79.9. The average molecular weight is 715 g/mol. The molecule has 3 heterocycles. The van der Waals surface area contributed by atoms with E-state index in [0.717, 1.165) is 25.7 Å². The van der Waals surface area contributed by atoms with E-state index in [1.165, 1.54) is 39.1 Å². The number of hydrogen-bond acceptors (Lipinski definition) is 9. The number of nitrogens with two attached hydrogens (primary N) is 3. The number of anilines is 3. The Morgan fingerprint density at radius 2 is 1.07 bits per heavy atom. The van der Waals surface area contributed by atoms with Gasteiger partial charge in [-0.15, -0.1) is 0 Å². The van der Waals surface area contributed by atoms with Gasteiger partial charge in [0.05, 0.1) is 53.1 Å². The van der Waals surface area contributed by atoms with E-state index in [0.29, 0.717) is 21.5 Å². The minimum absolute atomic E-state index is 0.00569. The number of nitrogen functional groups attached to an aromatic ring is 3. The van der Waals surface area contributed by atoms with E-state index in [2.05, 4.69) is 31.2 Å². The fourth-order valence-electron chi connectivity index (χ4n) is 4.44. The topological polar surface area (TPSA) is 183 Å². The molecule has 1 saturated carbocycles. The monoisotopic (exact) mass is 713 g/mol. The van der Waals surface area contributed by atoms with Crippen molar-refractivity contribution in [2.75, 3.05) is 17.2 Å². The van der Waals surface area contributed by atoms with Gasteiger partial charge >= 0.3 is 0 Å². The lowest BCUT2D eigenvalue weighted by molar-refractivity contribution is 0.318. The SMILES string of the molecule is Nc1cnn(-c2ccccc2)c(=O)c1Br.Nc1cnn(-c2ccccc2)c(=O)c1Cl.Nc1cnn(C2CCCCC2)c(=O)c1Cl. The Hall–Kier alpha value is -4.46. The van der Waals surface area contributed by atoms with E-state index in [9.17, 15) is 14.4 Å². The van der Waals surface area contributed by atoms with E-state index in [4.69, 9.17) is 40.4 Å². The van der Waals surface area contributed by atoms with Crippen molar-refractivity contribution in [1.29, 1.82) is 0 Å². The summed E-state index contributed by atoms with van der Waals surface area (Å²) >= 11 is 14.7. The zero-order valence-corrected chi connectivity index (χ0v) is 27.0. The quantitative estimate of drug-likeness (QED) is 0.231. The fraction of sp³-hybridized carbons (Fsp3) is 0.200. The van der Waals surface area contributed by atoms with Gasteiger partial charge in [0.25, 0.3) is 16.7 Å². The molecule has 1 aliphatic carbocycles. The normalized spacial score (nSPS) is 12.8. The molecule has 12 nitrogen and oxygen atoms in total. The molecule has 0 amide bonds. The summed E-state index contributed by atoms with van der Waals surface area (Å²) in [6, 6.07) is 18.4. The largest absolute Gasteiger partial charge is 0.396 e. The summed E-state index contributed by atoms with van der Waals surface area (Å²) < 4.78 is 4.32. The number of para-hydroxylation sites is 2. The number of rotatable bonds is 3. The standard InChI is InChI=1S/C10H8BrN3O.C10H14ClN3O.C10H8ClN3O/c3*11-9-8(12)6-13-14(10(9)15)7-4-2-1-3-5-7/h1-6H,12H2;6-7H,1-5,12H2;1-6H,12H2. The first-order valence-electron chi connectivity index (χ1n) is 13.8. The number of aromatic nitrogens is 6.